The molecular formula is C22H21ClN2O4S. The Kier molecular flexibility index (Phi) is 6.64. The van der Waals surface area contributed by atoms with E-state index in [2.05, 4.69) is 5.32 Å². The number of hydrogen-bond donors (Lipinski definition) is 1. The van der Waals surface area contributed by atoms with Crippen molar-refractivity contribution in [2.75, 3.05) is 18.5 Å². The van der Waals surface area contributed by atoms with Crippen molar-refractivity contribution < 1.29 is 17.9 Å². The number of nitrogens with zero attached hydrogens (tertiary/aromatic N) is 1. The molecule has 0 fully saturated rings. The van der Waals surface area contributed by atoms with E-state index < -0.39 is 10.0 Å². The zero-order chi connectivity index (χ0) is 21.7. The highest BCUT2D eigenvalue weighted by Gasteiger charge is 2.23. The number of carbonyl (C=O) groups excluding carboxylic acids is 1. The highest BCUT2D eigenvalue weighted by atomic mass is 35.5. The number of anilines is 1. The summed E-state index contributed by atoms with van der Waals surface area (Å²) in [7, 11) is -0.892. The van der Waals surface area contributed by atoms with Crippen molar-refractivity contribution in [3.8, 4) is 5.75 Å². The van der Waals surface area contributed by atoms with E-state index in [9.17, 15) is 13.2 Å². The van der Waals surface area contributed by atoms with E-state index in [1.54, 1.807) is 18.2 Å². The summed E-state index contributed by atoms with van der Waals surface area (Å²) < 4.78 is 32.1. The molecule has 3 rings (SSSR count). The molecule has 0 spiro atoms. The Morgan fingerprint density at radius 1 is 1.03 bits per heavy atom. The van der Waals surface area contributed by atoms with Crippen molar-refractivity contribution in [2.45, 2.75) is 11.4 Å². The average Bonchev–Trinajstić information content (AvgIpc) is 2.78. The van der Waals surface area contributed by atoms with Crippen LogP contribution in [0.2, 0.25) is 5.02 Å². The van der Waals surface area contributed by atoms with Gasteiger partial charge in [0, 0.05) is 13.6 Å². The lowest BCUT2D eigenvalue weighted by Gasteiger charge is -2.20. The fourth-order valence-corrected chi connectivity index (χ4v) is 4.19. The third-order valence-corrected chi connectivity index (χ3v) is 6.70. The second kappa shape index (κ2) is 9.19. The molecule has 1 N–H and O–H groups in total. The summed E-state index contributed by atoms with van der Waals surface area (Å²) in [6.07, 6.45) is 0. The molecule has 6 nitrogen and oxygen atoms in total. The van der Waals surface area contributed by atoms with Crippen molar-refractivity contribution in [2.24, 2.45) is 0 Å². The first-order valence-corrected chi connectivity index (χ1v) is 10.9. The minimum atomic E-state index is -3.82. The van der Waals surface area contributed by atoms with Gasteiger partial charge in [-0.05, 0) is 48.0 Å². The molecule has 0 unspecified atom stereocenters. The summed E-state index contributed by atoms with van der Waals surface area (Å²) in [6, 6.07) is 20.1. The van der Waals surface area contributed by atoms with Crippen LogP contribution in [0.25, 0.3) is 0 Å². The molecule has 3 aromatic carbocycles. The van der Waals surface area contributed by atoms with E-state index in [0.717, 1.165) is 9.87 Å². The largest absolute Gasteiger partial charge is 0.497 e. The Labute approximate surface area is 181 Å². The van der Waals surface area contributed by atoms with Gasteiger partial charge in [-0.25, -0.2) is 8.42 Å². The quantitative estimate of drug-likeness (QED) is 0.595. The normalized spacial score (nSPS) is 11.0. The smallest absolute Gasteiger partial charge is 0.264 e. The van der Waals surface area contributed by atoms with Crippen LogP contribution in [0.15, 0.2) is 77.7 Å². The molecule has 156 valence electrons. The summed E-state index contributed by atoms with van der Waals surface area (Å²) >= 11 is 6.20. The second-order valence-corrected chi connectivity index (χ2v) is 8.86. The molecule has 0 saturated heterocycles. The summed E-state index contributed by atoms with van der Waals surface area (Å²) in [4.78, 5) is 12.7. The number of rotatable bonds is 7. The van der Waals surface area contributed by atoms with Gasteiger partial charge < -0.3 is 10.1 Å². The van der Waals surface area contributed by atoms with Gasteiger partial charge in [-0.3, -0.25) is 9.10 Å². The third kappa shape index (κ3) is 4.75. The Morgan fingerprint density at radius 3 is 2.33 bits per heavy atom. The van der Waals surface area contributed by atoms with Crippen LogP contribution >= 0.6 is 11.6 Å². The van der Waals surface area contributed by atoms with Crippen LogP contribution in [0.1, 0.15) is 15.9 Å². The molecule has 0 aromatic heterocycles. The molecule has 0 heterocycles. The van der Waals surface area contributed by atoms with Crippen LogP contribution in [0, 0.1) is 0 Å². The predicted molar refractivity (Wildman–Crippen MR) is 118 cm³/mol. The molecule has 3 aromatic rings. The van der Waals surface area contributed by atoms with E-state index >= 15 is 0 Å². The number of nitrogens with one attached hydrogen (secondary N) is 1. The number of hydrogen-bond acceptors (Lipinski definition) is 4. The lowest BCUT2D eigenvalue weighted by atomic mass is 10.1. The zero-order valence-corrected chi connectivity index (χ0v) is 18.1. The molecule has 8 heteroatoms. The molecule has 0 atom stereocenters. The van der Waals surface area contributed by atoms with Gasteiger partial charge in [0.15, 0.2) is 0 Å². The molecule has 1 amide bonds. The first-order valence-electron chi connectivity index (χ1n) is 9.07. The Morgan fingerprint density at radius 2 is 1.70 bits per heavy atom. The van der Waals surface area contributed by atoms with Crippen LogP contribution in [-0.2, 0) is 16.6 Å². The van der Waals surface area contributed by atoms with Crippen LogP contribution in [-0.4, -0.2) is 28.5 Å². The lowest BCUT2D eigenvalue weighted by molar-refractivity contribution is 0.0951. The molecular weight excluding hydrogens is 424 g/mol. The van der Waals surface area contributed by atoms with Crippen molar-refractivity contribution in [1.29, 1.82) is 0 Å². The number of ether oxygens (including phenoxy) is 1. The number of halogens is 1. The van der Waals surface area contributed by atoms with Gasteiger partial charge in [-0.1, -0.05) is 41.9 Å². The lowest BCUT2D eigenvalue weighted by Crippen LogP contribution is -2.27. The monoisotopic (exact) mass is 444 g/mol. The van der Waals surface area contributed by atoms with Gasteiger partial charge in [-0.2, -0.15) is 0 Å². The third-order valence-electron chi connectivity index (χ3n) is 4.57. The van der Waals surface area contributed by atoms with Crippen molar-refractivity contribution in [3.63, 3.8) is 0 Å². The summed E-state index contributed by atoms with van der Waals surface area (Å²) in [5.74, 6) is 0.168. The fraction of sp³-hybridized carbons (Fsp3) is 0.136. The molecule has 0 aliphatic rings. The van der Waals surface area contributed by atoms with E-state index in [-0.39, 0.29) is 21.4 Å². The van der Waals surface area contributed by atoms with E-state index in [4.69, 9.17) is 16.3 Å². The highest BCUT2D eigenvalue weighted by molar-refractivity contribution is 7.92. The van der Waals surface area contributed by atoms with Gasteiger partial charge in [0.2, 0.25) is 0 Å². The SMILES string of the molecule is COc1ccc(S(=O)(=O)N(C)c2ccc(Cl)c(C(=O)NCc3ccccc3)c2)cc1. The predicted octanol–water partition coefficient (Wildman–Crippen LogP) is 4.10. The Bertz CT molecular complexity index is 1130. The van der Waals surface area contributed by atoms with E-state index in [1.807, 2.05) is 30.3 Å². The Balaban J connectivity index is 1.83. The molecule has 30 heavy (non-hydrogen) atoms. The molecule has 0 aliphatic carbocycles. The number of benzene rings is 3. The maximum Gasteiger partial charge on any atom is 0.264 e. The summed E-state index contributed by atoms with van der Waals surface area (Å²) in [6.45, 7) is 0.334. The number of carbonyl (C=O) groups is 1. The van der Waals surface area contributed by atoms with Crippen molar-refractivity contribution in [3.05, 3.63) is 88.9 Å². The number of methoxy groups -OCH3 is 1. The van der Waals surface area contributed by atoms with Crippen LogP contribution in [0.5, 0.6) is 5.75 Å². The fourth-order valence-electron chi connectivity index (χ4n) is 2.80. The van der Waals surface area contributed by atoms with Gasteiger partial charge in [0.05, 0.1) is 28.3 Å². The van der Waals surface area contributed by atoms with Crippen molar-refractivity contribution in [1.82, 2.24) is 5.32 Å². The van der Waals surface area contributed by atoms with Gasteiger partial charge in [0.25, 0.3) is 15.9 Å². The van der Waals surface area contributed by atoms with Gasteiger partial charge in [-0.15, -0.1) is 0 Å². The van der Waals surface area contributed by atoms with Crippen LogP contribution in [0.3, 0.4) is 0 Å². The first-order chi connectivity index (χ1) is 14.3. The maximum atomic E-state index is 13.0. The molecule has 0 radical (unpaired) electrons. The van der Waals surface area contributed by atoms with Gasteiger partial charge >= 0.3 is 0 Å². The highest BCUT2D eigenvalue weighted by Crippen LogP contribution is 2.27. The topological polar surface area (TPSA) is 75.7 Å². The number of amides is 1. The maximum absolute atomic E-state index is 13.0. The average molecular weight is 445 g/mol. The Hall–Kier alpha value is -3.03. The van der Waals surface area contributed by atoms with Crippen molar-refractivity contribution >= 4 is 33.2 Å². The zero-order valence-electron chi connectivity index (χ0n) is 16.5. The second-order valence-electron chi connectivity index (χ2n) is 6.48. The van der Waals surface area contributed by atoms with E-state index in [1.165, 1.54) is 38.4 Å². The molecule has 0 saturated carbocycles. The molecule has 0 aliphatic heterocycles. The first kappa shape index (κ1) is 21.7. The number of sulfonamides is 1. The van der Waals surface area contributed by atoms with Crippen LogP contribution in [0.4, 0.5) is 5.69 Å². The van der Waals surface area contributed by atoms with Gasteiger partial charge in [0.1, 0.15) is 5.75 Å². The van der Waals surface area contributed by atoms with E-state index in [0.29, 0.717) is 18.0 Å². The summed E-state index contributed by atoms with van der Waals surface area (Å²) in [5, 5.41) is 3.04. The molecule has 0 bridgehead atoms. The minimum absolute atomic E-state index is 0.107. The van der Waals surface area contributed by atoms with Crippen LogP contribution < -0.4 is 14.4 Å². The standard InChI is InChI=1S/C22H21ClN2O4S/c1-25(30(27,28)19-11-9-18(29-2)10-12-19)17-8-13-21(23)20(14-17)22(26)24-15-16-6-4-3-5-7-16/h3-14H,15H2,1-2H3,(H,24,26). The summed E-state index contributed by atoms with van der Waals surface area (Å²) in [5.41, 5.74) is 1.46. The minimum Gasteiger partial charge on any atom is -0.497 e.